The fraction of sp³-hybridized carbons (Fsp3) is 0.333. The Balaban J connectivity index is 0.00000300. The van der Waals surface area contributed by atoms with Crippen molar-refractivity contribution < 1.29 is 9.18 Å². The molecular formula is C21H25ClFN3OS2. The highest BCUT2D eigenvalue weighted by Gasteiger charge is 2.20. The number of carbonyl (C=O) groups excluding carboxylic acids is 1. The van der Waals surface area contributed by atoms with Crippen LogP contribution in [0.15, 0.2) is 41.3 Å². The minimum atomic E-state index is -0.275. The third-order valence-corrected chi connectivity index (χ3v) is 6.51. The predicted octanol–water partition coefficient (Wildman–Crippen LogP) is 5.16. The van der Waals surface area contributed by atoms with Gasteiger partial charge in [-0.3, -0.25) is 9.69 Å². The summed E-state index contributed by atoms with van der Waals surface area (Å²) in [4.78, 5) is 22.4. The van der Waals surface area contributed by atoms with Crippen LogP contribution in [0.2, 0.25) is 0 Å². The van der Waals surface area contributed by atoms with E-state index in [1.807, 2.05) is 14.1 Å². The molecule has 0 radical (unpaired) electrons. The lowest BCUT2D eigenvalue weighted by Crippen LogP contribution is -2.37. The number of aromatic nitrogens is 1. The van der Waals surface area contributed by atoms with Crippen molar-refractivity contribution in [3.8, 4) is 0 Å². The molecule has 0 saturated carbocycles. The Labute approximate surface area is 185 Å². The fourth-order valence-corrected chi connectivity index (χ4v) is 4.69. The molecule has 0 saturated heterocycles. The highest BCUT2D eigenvalue weighted by molar-refractivity contribution is 8.00. The van der Waals surface area contributed by atoms with Crippen molar-refractivity contribution in [2.24, 2.45) is 0 Å². The maximum absolute atomic E-state index is 13.1. The summed E-state index contributed by atoms with van der Waals surface area (Å²) in [7, 11) is 3.98. The number of amides is 1. The molecule has 0 aliphatic rings. The summed E-state index contributed by atoms with van der Waals surface area (Å²) in [6.45, 7) is 5.46. The number of benzene rings is 2. The zero-order valence-corrected chi connectivity index (χ0v) is 19.4. The molecule has 1 amide bonds. The second kappa shape index (κ2) is 10.4. The maximum Gasteiger partial charge on any atom is 0.239 e. The van der Waals surface area contributed by atoms with E-state index < -0.39 is 0 Å². The number of fused-ring (bicyclic) bond motifs is 1. The van der Waals surface area contributed by atoms with Crippen LogP contribution < -0.4 is 4.90 Å². The van der Waals surface area contributed by atoms with Crippen molar-refractivity contribution in [1.29, 1.82) is 0 Å². The first kappa shape index (κ1) is 23.6. The number of nitrogens with zero attached hydrogens (tertiary/aromatic N) is 3. The highest BCUT2D eigenvalue weighted by atomic mass is 35.5. The molecule has 3 rings (SSSR count). The zero-order chi connectivity index (χ0) is 20.3. The minimum absolute atomic E-state index is 0. The van der Waals surface area contributed by atoms with Gasteiger partial charge >= 0.3 is 0 Å². The molecule has 8 heteroatoms. The second-order valence-electron chi connectivity index (χ2n) is 7.02. The van der Waals surface area contributed by atoms with Crippen LogP contribution >= 0.6 is 35.5 Å². The Morgan fingerprint density at radius 1 is 1.14 bits per heavy atom. The normalized spacial score (nSPS) is 11.0. The van der Waals surface area contributed by atoms with Crippen LogP contribution in [0.4, 0.5) is 9.52 Å². The quantitative estimate of drug-likeness (QED) is 0.463. The third-order valence-electron chi connectivity index (χ3n) is 4.29. The van der Waals surface area contributed by atoms with Crippen LogP contribution in [0, 0.1) is 19.7 Å². The van der Waals surface area contributed by atoms with Crippen LogP contribution in [-0.4, -0.2) is 48.7 Å². The van der Waals surface area contributed by atoms with Gasteiger partial charge < -0.3 is 4.90 Å². The summed E-state index contributed by atoms with van der Waals surface area (Å²) >= 11 is 2.97. The topological polar surface area (TPSA) is 36.4 Å². The molecule has 0 N–H and O–H groups in total. The summed E-state index contributed by atoms with van der Waals surface area (Å²) in [5.74, 6) is 0.0144. The van der Waals surface area contributed by atoms with Gasteiger partial charge in [0, 0.05) is 18.0 Å². The lowest BCUT2D eigenvalue weighted by molar-refractivity contribution is -0.116. The van der Waals surface area contributed by atoms with E-state index in [9.17, 15) is 9.18 Å². The van der Waals surface area contributed by atoms with Gasteiger partial charge in [-0.05, 0) is 69.4 Å². The Morgan fingerprint density at radius 2 is 1.83 bits per heavy atom. The highest BCUT2D eigenvalue weighted by Crippen LogP contribution is 2.32. The summed E-state index contributed by atoms with van der Waals surface area (Å²) in [6.07, 6.45) is 0. The van der Waals surface area contributed by atoms with Crippen molar-refractivity contribution in [3.63, 3.8) is 0 Å². The van der Waals surface area contributed by atoms with E-state index in [1.54, 1.807) is 28.4 Å². The van der Waals surface area contributed by atoms with Crippen molar-refractivity contribution in [2.45, 2.75) is 18.7 Å². The molecule has 0 aliphatic carbocycles. The summed E-state index contributed by atoms with van der Waals surface area (Å²) < 4.78 is 14.2. The van der Waals surface area contributed by atoms with Crippen LogP contribution in [-0.2, 0) is 4.79 Å². The predicted molar refractivity (Wildman–Crippen MR) is 124 cm³/mol. The Hall–Kier alpha value is -1.67. The van der Waals surface area contributed by atoms with Crippen molar-refractivity contribution in [1.82, 2.24) is 9.88 Å². The van der Waals surface area contributed by atoms with E-state index >= 15 is 0 Å². The van der Waals surface area contributed by atoms with Gasteiger partial charge in [-0.2, -0.15) is 0 Å². The fourth-order valence-electron chi connectivity index (χ4n) is 2.86. The number of aryl methyl sites for hydroxylation is 2. The first-order valence-corrected chi connectivity index (χ1v) is 10.8. The molecule has 0 atom stereocenters. The average molecular weight is 454 g/mol. The number of hydrogen-bond acceptors (Lipinski definition) is 5. The molecule has 156 valence electrons. The number of hydrogen-bond donors (Lipinski definition) is 0. The largest absolute Gasteiger partial charge is 0.308 e. The summed E-state index contributed by atoms with van der Waals surface area (Å²) in [5.41, 5.74) is 3.28. The van der Waals surface area contributed by atoms with E-state index in [0.717, 1.165) is 26.8 Å². The maximum atomic E-state index is 13.1. The minimum Gasteiger partial charge on any atom is -0.308 e. The number of likely N-dealkylation sites (N-methyl/N-ethyl adjacent to an activating group) is 1. The first-order valence-electron chi connectivity index (χ1n) is 9.05. The van der Waals surface area contributed by atoms with Gasteiger partial charge in [0.1, 0.15) is 5.82 Å². The molecule has 0 spiro atoms. The van der Waals surface area contributed by atoms with E-state index in [2.05, 4.69) is 30.9 Å². The van der Waals surface area contributed by atoms with E-state index in [0.29, 0.717) is 6.54 Å². The molecule has 0 unspecified atom stereocenters. The number of rotatable bonds is 7. The van der Waals surface area contributed by atoms with Crippen molar-refractivity contribution >= 4 is 56.8 Å². The molecule has 0 bridgehead atoms. The second-order valence-corrected chi connectivity index (χ2v) is 9.04. The summed E-state index contributed by atoms with van der Waals surface area (Å²) in [6, 6.07) is 10.4. The molecule has 29 heavy (non-hydrogen) atoms. The number of halogens is 2. The third kappa shape index (κ3) is 6.15. The smallest absolute Gasteiger partial charge is 0.239 e. The van der Waals surface area contributed by atoms with E-state index in [4.69, 9.17) is 4.98 Å². The number of thioether (sulfide) groups is 1. The SMILES string of the molecule is Cc1cc(C)c2sc(N(CCN(C)C)C(=O)CSc3ccc(F)cc3)nc2c1.Cl. The Bertz CT molecular complexity index is 976. The van der Waals surface area contributed by atoms with Gasteiger partial charge in [-0.15, -0.1) is 24.2 Å². The van der Waals surface area contributed by atoms with Gasteiger partial charge in [-0.25, -0.2) is 9.37 Å². The number of carbonyl (C=O) groups is 1. The molecule has 0 aliphatic heterocycles. The molecular weight excluding hydrogens is 429 g/mol. The monoisotopic (exact) mass is 453 g/mol. The molecule has 1 heterocycles. The Kier molecular flexibility index (Phi) is 8.46. The lowest BCUT2D eigenvalue weighted by atomic mass is 10.1. The van der Waals surface area contributed by atoms with Gasteiger partial charge in [0.15, 0.2) is 5.13 Å². The van der Waals surface area contributed by atoms with Crippen LogP contribution in [0.1, 0.15) is 11.1 Å². The van der Waals surface area contributed by atoms with Gasteiger partial charge in [0.25, 0.3) is 0 Å². The van der Waals surface area contributed by atoms with Crippen molar-refractivity contribution in [3.05, 3.63) is 53.3 Å². The zero-order valence-electron chi connectivity index (χ0n) is 16.9. The molecule has 4 nitrogen and oxygen atoms in total. The first-order chi connectivity index (χ1) is 13.3. The van der Waals surface area contributed by atoms with Crippen LogP contribution in [0.25, 0.3) is 10.2 Å². The van der Waals surface area contributed by atoms with Gasteiger partial charge in [0.05, 0.1) is 16.0 Å². The van der Waals surface area contributed by atoms with Crippen molar-refractivity contribution in [2.75, 3.05) is 37.8 Å². The summed E-state index contributed by atoms with van der Waals surface area (Å²) in [5, 5.41) is 0.732. The van der Waals surface area contributed by atoms with Gasteiger partial charge in [-0.1, -0.05) is 17.4 Å². The van der Waals surface area contributed by atoms with Crippen LogP contribution in [0.3, 0.4) is 0 Å². The molecule has 0 fully saturated rings. The lowest BCUT2D eigenvalue weighted by Gasteiger charge is -2.21. The standard InChI is InChI=1S/C21H24FN3OS2.ClH/c1-14-11-15(2)20-18(12-14)23-21(28-20)25(10-9-24(3)4)19(26)13-27-17-7-5-16(22)6-8-17;/h5-8,11-12H,9-10,13H2,1-4H3;1H. The number of anilines is 1. The van der Waals surface area contributed by atoms with Crippen LogP contribution in [0.5, 0.6) is 0 Å². The van der Waals surface area contributed by atoms with Gasteiger partial charge in [0.2, 0.25) is 5.91 Å². The molecule has 2 aromatic carbocycles. The Morgan fingerprint density at radius 3 is 2.48 bits per heavy atom. The molecule has 3 aromatic rings. The van der Waals surface area contributed by atoms with E-state index in [-0.39, 0.29) is 29.9 Å². The molecule has 1 aromatic heterocycles. The average Bonchev–Trinajstić information content (AvgIpc) is 3.05. The van der Waals surface area contributed by atoms with E-state index in [1.165, 1.54) is 35.0 Å². The number of thiazole rings is 1.